The maximum Gasteiger partial charge on any atom is 0.167 e. The third kappa shape index (κ3) is 3.91. The number of rotatable bonds is 4. The molecule has 0 N–H and O–H groups in total. The number of hydrogen-bond acceptors (Lipinski definition) is 5. The highest BCUT2D eigenvalue weighted by Gasteiger charge is 2.20. The van der Waals surface area contributed by atoms with Crippen LogP contribution in [0.5, 0.6) is 0 Å². The van der Waals surface area contributed by atoms with Crippen molar-refractivity contribution in [1.29, 1.82) is 0 Å². The van der Waals surface area contributed by atoms with E-state index in [1.165, 1.54) is 0 Å². The number of fused-ring (bicyclic) bond motifs is 6. The predicted molar refractivity (Wildman–Crippen MR) is 176 cm³/mol. The van der Waals surface area contributed by atoms with Crippen LogP contribution >= 0.6 is 0 Å². The third-order valence-electron chi connectivity index (χ3n) is 8.15. The Morgan fingerprint density at radius 2 is 0.955 bits per heavy atom. The van der Waals surface area contributed by atoms with Gasteiger partial charge in [-0.1, -0.05) is 109 Å². The molecule has 0 amide bonds. The van der Waals surface area contributed by atoms with Crippen molar-refractivity contribution in [2.75, 3.05) is 0 Å². The number of nitrogens with zero attached hydrogens (tertiary/aromatic N) is 3. The van der Waals surface area contributed by atoms with E-state index in [0.29, 0.717) is 17.5 Å². The molecule has 0 aliphatic carbocycles. The fourth-order valence-electron chi connectivity index (χ4n) is 6.09. The van der Waals surface area contributed by atoms with Gasteiger partial charge in [0.1, 0.15) is 22.3 Å². The average molecular weight is 566 g/mol. The van der Waals surface area contributed by atoms with E-state index in [2.05, 4.69) is 36.4 Å². The van der Waals surface area contributed by atoms with Gasteiger partial charge >= 0.3 is 0 Å². The van der Waals surface area contributed by atoms with Crippen LogP contribution in [0.3, 0.4) is 0 Å². The van der Waals surface area contributed by atoms with Gasteiger partial charge in [-0.25, -0.2) is 15.0 Å². The molecule has 0 aliphatic heterocycles. The van der Waals surface area contributed by atoms with Crippen LogP contribution in [0.1, 0.15) is 0 Å². The summed E-state index contributed by atoms with van der Waals surface area (Å²) in [5, 5.41) is 4.27. The first kappa shape index (κ1) is 24.5. The average Bonchev–Trinajstić information content (AvgIpc) is 3.67. The topological polar surface area (TPSA) is 65.0 Å². The van der Waals surface area contributed by atoms with Crippen LogP contribution in [-0.4, -0.2) is 15.0 Å². The summed E-state index contributed by atoms with van der Waals surface area (Å²) >= 11 is 0. The molecule has 5 nitrogen and oxygen atoms in total. The van der Waals surface area contributed by atoms with Crippen molar-refractivity contribution in [3.05, 3.63) is 140 Å². The fraction of sp³-hybridized carbons (Fsp3) is 0. The summed E-state index contributed by atoms with van der Waals surface area (Å²) in [7, 11) is 0. The molecule has 3 heterocycles. The van der Waals surface area contributed by atoms with Crippen molar-refractivity contribution >= 4 is 43.9 Å². The summed E-state index contributed by atoms with van der Waals surface area (Å²) in [5.74, 6) is 1.79. The maximum absolute atomic E-state index is 6.60. The monoisotopic (exact) mass is 565 g/mol. The van der Waals surface area contributed by atoms with Crippen molar-refractivity contribution in [2.24, 2.45) is 0 Å². The van der Waals surface area contributed by atoms with Crippen molar-refractivity contribution in [1.82, 2.24) is 15.0 Å². The Kier molecular flexibility index (Phi) is 5.43. The molecule has 0 saturated carbocycles. The van der Waals surface area contributed by atoms with E-state index in [1.807, 2.05) is 103 Å². The maximum atomic E-state index is 6.60. The van der Waals surface area contributed by atoms with Gasteiger partial charge in [0.05, 0.1) is 5.56 Å². The second-order valence-electron chi connectivity index (χ2n) is 10.8. The summed E-state index contributed by atoms with van der Waals surface area (Å²) < 4.78 is 12.8. The molecule has 0 fully saturated rings. The Hall–Kier alpha value is -6.07. The molecule has 0 saturated heterocycles. The molecule has 9 rings (SSSR count). The second kappa shape index (κ2) is 9.75. The molecule has 0 spiro atoms. The minimum absolute atomic E-state index is 0.563. The molecule has 0 bridgehead atoms. The molecule has 0 unspecified atom stereocenters. The fourth-order valence-corrected chi connectivity index (χ4v) is 6.09. The van der Waals surface area contributed by atoms with Crippen molar-refractivity contribution in [3.63, 3.8) is 0 Å². The molecule has 206 valence electrons. The molecule has 3 aromatic heterocycles. The molecule has 6 aromatic carbocycles. The lowest BCUT2D eigenvalue weighted by atomic mass is 9.97. The molecule has 0 radical (unpaired) electrons. The first-order chi connectivity index (χ1) is 21.8. The lowest BCUT2D eigenvalue weighted by Gasteiger charge is -2.08. The largest absolute Gasteiger partial charge is 0.456 e. The first-order valence-corrected chi connectivity index (χ1v) is 14.5. The summed E-state index contributed by atoms with van der Waals surface area (Å²) in [4.78, 5) is 14.8. The highest BCUT2D eigenvalue weighted by molar-refractivity contribution is 6.16. The highest BCUT2D eigenvalue weighted by Crippen LogP contribution is 2.41. The van der Waals surface area contributed by atoms with Gasteiger partial charge in [-0.2, -0.15) is 0 Å². The number of benzene rings is 6. The van der Waals surface area contributed by atoms with Gasteiger partial charge in [-0.15, -0.1) is 0 Å². The number of hydrogen-bond donors (Lipinski definition) is 0. The molecule has 9 aromatic rings. The number of aromatic nitrogens is 3. The first-order valence-electron chi connectivity index (χ1n) is 14.5. The summed E-state index contributed by atoms with van der Waals surface area (Å²) in [6, 6.07) is 46.9. The summed E-state index contributed by atoms with van der Waals surface area (Å²) in [6.45, 7) is 0. The molecule has 0 atom stereocenters. The van der Waals surface area contributed by atoms with Crippen molar-refractivity contribution < 1.29 is 8.83 Å². The molecular weight excluding hydrogens is 542 g/mol. The number of furan rings is 2. The van der Waals surface area contributed by atoms with Gasteiger partial charge in [0.2, 0.25) is 0 Å². The van der Waals surface area contributed by atoms with Gasteiger partial charge in [0, 0.05) is 32.7 Å². The Morgan fingerprint density at radius 1 is 0.364 bits per heavy atom. The van der Waals surface area contributed by atoms with Gasteiger partial charge in [-0.05, 0) is 41.5 Å². The van der Waals surface area contributed by atoms with E-state index in [4.69, 9.17) is 23.8 Å². The molecular formula is C39H23N3O2. The second-order valence-corrected chi connectivity index (χ2v) is 10.8. The van der Waals surface area contributed by atoms with Gasteiger partial charge in [0.15, 0.2) is 17.5 Å². The zero-order chi connectivity index (χ0) is 29.0. The SMILES string of the molecule is c1ccc(-c2nc(-c3ccccc3)nc(-c3cccc4c3oc3cccc(-c5ccc6c(c5)oc5ccccc56)c34)n2)cc1. The lowest BCUT2D eigenvalue weighted by molar-refractivity contribution is 0.668. The van der Waals surface area contributed by atoms with E-state index in [-0.39, 0.29) is 0 Å². The van der Waals surface area contributed by atoms with E-state index in [1.54, 1.807) is 0 Å². The Labute approximate surface area is 252 Å². The summed E-state index contributed by atoms with van der Waals surface area (Å²) in [6.07, 6.45) is 0. The Balaban J connectivity index is 1.26. The van der Waals surface area contributed by atoms with Crippen molar-refractivity contribution in [2.45, 2.75) is 0 Å². The lowest BCUT2D eigenvalue weighted by Crippen LogP contribution is -2.00. The Morgan fingerprint density at radius 3 is 1.73 bits per heavy atom. The normalized spacial score (nSPS) is 11.6. The molecule has 0 aliphatic rings. The van der Waals surface area contributed by atoms with Crippen LogP contribution in [0.15, 0.2) is 148 Å². The van der Waals surface area contributed by atoms with E-state index >= 15 is 0 Å². The van der Waals surface area contributed by atoms with Gasteiger partial charge in [0.25, 0.3) is 0 Å². The minimum Gasteiger partial charge on any atom is -0.456 e. The van der Waals surface area contributed by atoms with Crippen LogP contribution in [0.25, 0.3) is 89.2 Å². The zero-order valence-electron chi connectivity index (χ0n) is 23.4. The van der Waals surface area contributed by atoms with E-state index < -0.39 is 0 Å². The van der Waals surface area contributed by atoms with Crippen LogP contribution < -0.4 is 0 Å². The van der Waals surface area contributed by atoms with E-state index in [0.717, 1.165) is 71.7 Å². The van der Waals surface area contributed by atoms with Crippen molar-refractivity contribution in [3.8, 4) is 45.3 Å². The van der Waals surface area contributed by atoms with Crippen LogP contribution in [0.2, 0.25) is 0 Å². The minimum atomic E-state index is 0.563. The van der Waals surface area contributed by atoms with Crippen LogP contribution in [-0.2, 0) is 0 Å². The predicted octanol–water partition coefficient (Wildman–Crippen LogP) is 10.3. The Bertz CT molecular complexity index is 2440. The van der Waals surface area contributed by atoms with Gasteiger partial charge in [-0.3, -0.25) is 0 Å². The smallest absolute Gasteiger partial charge is 0.167 e. The quantitative estimate of drug-likeness (QED) is 0.212. The van der Waals surface area contributed by atoms with Gasteiger partial charge < -0.3 is 8.83 Å². The van der Waals surface area contributed by atoms with E-state index in [9.17, 15) is 0 Å². The number of para-hydroxylation sites is 2. The molecule has 44 heavy (non-hydrogen) atoms. The molecule has 5 heteroatoms. The summed E-state index contributed by atoms with van der Waals surface area (Å²) in [5.41, 5.74) is 8.09. The van der Waals surface area contributed by atoms with Crippen LogP contribution in [0, 0.1) is 0 Å². The highest BCUT2D eigenvalue weighted by atomic mass is 16.3. The standard InChI is InChI=1S/C39H23N3O2/c1-3-11-24(12-4-1)37-40-38(25-13-5-2-6-14-25)42-39(41-37)31-18-9-17-30-35-27(16-10-20-33(35)44-36(30)31)26-21-22-29-28-15-7-8-19-32(28)43-34(29)23-26/h1-23H. The van der Waals surface area contributed by atoms with Crippen LogP contribution in [0.4, 0.5) is 0 Å². The zero-order valence-corrected chi connectivity index (χ0v) is 23.4. The third-order valence-corrected chi connectivity index (χ3v) is 8.15.